The third kappa shape index (κ3) is 6.20. The Bertz CT molecular complexity index is 687. The van der Waals surface area contributed by atoms with Crippen molar-refractivity contribution in [3.63, 3.8) is 0 Å². The summed E-state index contributed by atoms with van der Waals surface area (Å²) in [5.74, 6) is 0.878. The molecule has 0 bridgehead atoms. The Kier molecular flexibility index (Phi) is 8.75. The van der Waals surface area contributed by atoms with Crippen molar-refractivity contribution < 1.29 is 9.53 Å². The molecule has 7 heteroatoms. The fraction of sp³-hybridized carbons (Fsp3) is 0.524. The van der Waals surface area contributed by atoms with E-state index in [1.807, 2.05) is 43.0 Å². The molecule has 0 aromatic heterocycles. The highest BCUT2D eigenvalue weighted by atomic mass is 127. The summed E-state index contributed by atoms with van der Waals surface area (Å²) in [5, 5.41) is 6.76. The Morgan fingerprint density at radius 1 is 1.14 bits per heavy atom. The number of nitrogens with one attached hydrogen (secondary N) is 2. The van der Waals surface area contributed by atoms with Crippen molar-refractivity contribution in [2.75, 3.05) is 20.1 Å². The second-order valence-electron chi connectivity index (χ2n) is 7.37. The van der Waals surface area contributed by atoms with E-state index in [0.29, 0.717) is 25.7 Å². The van der Waals surface area contributed by atoms with E-state index in [0.717, 1.165) is 29.9 Å². The van der Waals surface area contributed by atoms with Crippen molar-refractivity contribution in [2.45, 2.75) is 51.5 Å². The van der Waals surface area contributed by atoms with E-state index in [-0.39, 0.29) is 42.1 Å². The second kappa shape index (κ2) is 10.8. The molecule has 1 aliphatic carbocycles. The highest BCUT2D eigenvalue weighted by Crippen LogP contribution is 2.15. The number of guanidine groups is 1. The number of aliphatic imine (C=N–C) groups is 1. The van der Waals surface area contributed by atoms with E-state index in [4.69, 9.17) is 4.74 Å². The number of hydrogen-bond donors (Lipinski definition) is 2. The molecule has 1 aromatic rings. The lowest BCUT2D eigenvalue weighted by Gasteiger charge is -2.35. The van der Waals surface area contributed by atoms with Crippen LogP contribution in [-0.2, 0) is 11.3 Å². The van der Waals surface area contributed by atoms with Crippen LogP contribution in [0.1, 0.15) is 42.6 Å². The van der Waals surface area contributed by atoms with Gasteiger partial charge in [0.15, 0.2) is 5.96 Å². The van der Waals surface area contributed by atoms with Crippen LogP contribution in [0.4, 0.5) is 0 Å². The monoisotopic (exact) mass is 498 g/mol. The van der Waals surface area contributed by atoms with Crippen LogP contribution in [-0.4, -0.2) is 55.2 Å². The molecular weight excluding hydrogens is 467 g/mol. The maximum absolute atomic E-state index is 12.7. The molecule has 154 valence electrons. The molecule has 0 radical (unpaired) electrons. The van der Waals surface area contributed by atoms with Crippen LogP contribution >= 0.6 is 24.0 Å². The second-order valence-corrected chi connectivity index (χ2v) is 7.37. The number of morpholine rings is 1. The van der Waals surface area contributed by atoms with Gasteiger partial charge in [0.1, 0.15) is 0 Å². The van der Waals surface area contributed by atoms with E-state index >= 15 is 0 Å². The third-order valence-corrected chi connectivity index (χ3v) is 4.94. The zero-order chi connectivity index (χ0) is 19.2. The first kappa shape index (κ1) is 22.7. The van der Waals surface area contributed by atoms with Gasteiger partial charge in [-0.2, -0.15) is 0 Å². The Hall–Kier alpha value is -1.61. The van der Waals surface area contributed by atoms with Crippen molar-refractivity contribution >= 4 is 35.8 Å². The Labute approximate surface area is 184 Å². The summed E-state index contributed by atoms with van der Waals surface area (Å²) in [4.78, 5) is 18.9. The number of ether oxygens (including phenoxy) is 1. The van der Waals surface area contributed by atoms with E-state index in [2.05, 4.69) is 27.8 Å². The number of nitrogens with zero attached hydrogens (tertiary/aromatic N) is 2. The van der Waals surface area contributed by atoms with Gasteiger partial charge in [0, 0.05) is 38.3 Å². The molecule has 1 saturated heterocycles. The average Bonchev–Trinajstić information content (AvgIpc) is 3.17. The SMILES string of the molecule is CN=C(NCc1ccc(C(=O)N2CC(C)OC(C)C2)cc1)NC1CC=CC1.I. The summed E-state index contributed by atoms with van der Waals surface area (Å²) in [6.45, 7) is 5.97. The van der Waals surface area contributed by atoms with Gasteiger partial charge in [-0.05, 0) is 44.4 Å². The Balaban J connectivity index is 0.00000280. The van der Waals surface area contributed by atoms with E-state index < -0.39 is 0 Å². The molecule has 2 atom stereocenters. The van der Waals surface area contributed by atoms with Gasteiger partial charge in [0.25, 0.3) is 5.91 Å². The van der Waals surface area contributed by atoms with Crippen molar-refractivity contribution in [3.8, 4) is 0 Å². The maximum Gasteiger partial charge on any atom is 0.254 e. The van der Waals surface area contributed by atoms with Gasteiger partial charge in [-0.15, -0.1) is 24.0 Å². The van der Waals surface area contributed by atoms with Crippen LogP contribution in [0.5, 0.6) is 0 Å². The third-order valence-electron chi connectivity index (χ3n) is 4.94. The average molecular weight is 498 g/mol. The number of rotatable bonds is 4. The minimum Gasteiger partial charge on any atom is -0.372 e. The fourth-order valence-corrected chi connectivity index (χ4v) is 3.60. The lowest BCUT2D eigenvalue weighted by molar-refractivity contribution is -0.0586. The summed E-state index contributed by atoms with van der Waals surface area (Å²) in [5.41, 5.74) is 1.84. The van der Waals surface area contributed by atoms with Gasteiger partial charge >= 0.3 is 0 Å². The summed E-state index contributed by atoms with van der Waals surface area (Å²) in [6.07, 6.45) is 6.62. The van der Waals surface area contributed by atoms with E-state index in [1.54, 1.807) is 7.05 Å². The molecule has 6 nitrogen and oxygen atoms in total. The van der Waals surface area contributed by atoms with Gasteiger partial charge < -0.3 is 20.3 Å². The zero-order valence-corrected chi connectivity index (χ0v) is 19.2. The topological polar surface area (TPSA) is 66.0 Å². The number of amides is 1. The highest BCUT2D eigenvalue weighted by molar-refractivity contribution is 14.0. The van der Waals surface area contributed by atoms with Gasteiger partial charge in [-0.1, -0.05) is 24.3 Å². The number of halogens is 1. The summed E-state index contributed by atoms with van der Waals surface area (Å²) >= 11 is 0. The molecule has 0 spiro atoms. The largest absolute Gasteiger partial charge is 0.372 e. The van der Waals surface area contributed by atoms with Crippen molar-refractivity contribution in [3.05, 3.63) is 47.5 Å². The predicted molar refractivity (Wildman–Crippen MR) is 123 cm³/mol. The Morgan fingerprint density at radius 2 is 1.75 bits per heavy atom. The molecule has 28 heavy (non-hydrogen) atoms. The van der Waals surface area contributed by atoms with Gasteiger partial charge in [0.2, 0.25) is 0 Å². The minimum absolute atomic E-state index is 0. The lowest BCUT2D eigenvalue weighted by Crippen LogP contribution is -2.48. The molecule has 1 fully saturated rings. The number of carbonyl (C=O) groups excluding carboxylic acids is 1. The van der Waals surface area contributed by atoms with Crippen molar-refractivity contribution in [1.82, 2.24) is 15.5 Å². The lowest BCUT2D eigenvalue weighted by atomic mass is 10.1. The molecule has 2 unspecified atom stereocenters. The molecule has 2 aliphatic rings. The maximum atomic E-state index is 12.7. The number of hydrogen-bond acceptors (Lipinski definition) is 3. The van der Waals surface area contributed by atoms with Crippen molar-refractivity contribution in [2.24, 2.45) is 4.99 Å². The van der Waals surface area contributed by atoms with Crippen LogP contribution < -0.4 is 10.6 Å². The predicted octanol–water partition coefficient (Wildman–Crippen LogP) is 2.94. The van der Waals surface area contributed by atoms with Crippen molar-refractivity contribution in [1.29, 1.82) is 0 Å². The fourth-order valence-electron chi connectivity index (χ4n) is 3.60. The molecule has 1 aliphatic heterocycles. The zero-order valence-electron chi connectivity index (χ0n) is 16.9. The first-order valence-corrected chi connectivity index (χ1v) is 9.71. The van der Waals surface area contributed by atoms with Crippen LogP contribution in [0.15, 0.2) is 41.4 Å². The molecule has 0 saturated carbocycles. The molecule has 1 aromatic carbocycles. The quantitative estimate of drug-likeness (QED) is 0.290. The minimum atomic E-state index is 0. The van der Waals surface area contributed by atoms with Crippen LogP contribution in [0.2, 0.25) is 0 Å². The van der Waals surface area contributed by atoms with Gasteiger partial charge in [-0.3, -0.25) is 9.79 Å². The molecule has 3 rings (SSSR count). The molecule has 1 amide bonds. The molecule has 1 heterocycles. The van der Waals surface area contributed by atoms with Crippen LogP contribution in [0.3, 0.4) is 0 Å². The molecule has 2 N–H and O–H groups in total. The first-order valence-electron chi connectivity index (χ1n) is 9.71. The number of benzene rings is 1. The Morgan fingerprint density at radius 3 is 2.32 bits per heavy atom. The normalized spacial score (nSPS) is 22.7. The van der Waals surface area contributed by atoms with Gasteiger partial charge in [-0.25, -0.2) is 0 Å². The van der Waals surface area contributed by atoms with Crippen LogP contribution in [0, 0.1) is 0 Å². The van der Waals surface area contributed by atoms with Crippen LogP contribution in [0.25, 0.3) is 0 Å². The number of carbonyl (C=O) groups is 1. The molecular formula is C21H31IN4O2. The first-order chi connectivity index (χ1) is 13.0. The van der Waals surface area contributed by atoms with E-state index in [1.165, 1.54) is 0 Å². The summed E-state index contributed by atoms with van der Waals surface area (Å²) in [6, 6.07) is 8.23. The highest BCUT2D eigenvalue weighted by Gasteiger charge is 2.26. The smallest absolute Gasteiger partial charge is 0.254 e. The summed E-state index contributed by atoms with van der Waals surface area (Å²) < 4.78 is 5.71. The summed E-state index contributed by atoms with van der Waals surface area (Å²) in [7, 11) is 1.78. The van der Waals surface area contributed by atoms with E-state index in [9.17, 15) is 4.79 Å². The standard InChI is InChI=1S/C21H30N4O2.HI/c1-15-13-25(14-16(2)27-15)20(26)18-10-8-17(9-11-18)12-23-21(22-3)24-19-6-4-5-7-19;/h4-5,8-11,15-16,19H,6-7,12-14H2,1-3H3,(H2,22,23,24);1H. The van der Waals surface area contributed by atoms with Gasteiger partial charge in [0.05, 0.1) is 12.2 Å².